The molecule has 8 aromatic rings. The predicted molar refractivity (Wildman–Crippen MR) is 181 cm³/mol. The first kappa shape index (κ1) is 26.5. The van der Waals surface area contributed by atoms with Gasteiger partial charge in [-0.25, -0.2) is 9.69 Å². The molecule has 0 bridgehead atoms. The Balaban J connectivity index is 1.49. The van der Waals surface area contributed by atoms with Crippen molar-refractivity contribution in [2.45, 2.75) is 0 Å². The zero-order valence-corrected chi connectivity index (χ0v) is 24.1. The SMILES string of the molecule is [C-]#[N+]c1cccc([N+]#[C-])c1-c1ccc2c3ccc(-c4c(C#N)cccc4C#N)cc3n(-c3ccc4oc5ccccc5c4c3)c2c1. The smallest absolute Gasteiger partial charge is 0.184 e. The van der Waals surface area contributed by atoms with Crippen LogP contribution in [0.1, 0.15) is 11.1 Å². The number of furan rings is 1. The van der Waals surface area contributed by atoms with Gasteiger partial charge in [0.25, 0.3) is 0 Å². The van der Waals surface area contributed by atoms with Crippen molar-refractivity contribution in [2.24, 2.45) is 0 Å². The van der Waals surface area contributed by atoms with Crippen LogP contribution < -0.4 is 0 Å². The van der Waals surface area contributed by atoms with Crippen LogP contribution in [0.4, 0.5) is 11.4 Å². The average molecular weight is 586 g/mol. The zero-order valence-electron chi connectivity index (χ0n) is 24.1. The lowest BCUT2D eigenvalue weighted by molar-refractivity contribution is 0.669. The fraction of sp³-hybridized carbons (Fsp3) is 0. The maximum absolute atomic E-state index is 9.94. The Morgan fingerprint density at radius 1 is 0.543 bits per heavy atom. The van der Waals surface area contributed by atoms with E-state index in [1.165, 1.54) is 0 Å². The fourth-order valence-electron chi connectivity index (χ4n) is 6.52. The molecule has 0 amide bonds. The summed E-state index contributed by atoms with van der Waals surface area (Å²) in [6, 6.07) is 41.0. The lowest BCUT2D eigenvalue weighted by Gasteiger charge is -2.12. The molecule has 0 saturated heterocycles. The van der Waals surface area contributed by atoms with Crippen LogP contribution in [0.3, 0.4) is 0 Å². The number of hydrogen-bond acceptors (Lipinski definition) is 3. The molecule has 6 nitrogen and oxygen atoms in total. The molecule has 0 fully saturated rings. The van der Waals surface area contributed by atoms with Crippen LogP contribution in [-0.4, -0.2) is 4.57 Å². The van der Waals surface area contributed by atoms with E-state index in [1.807, 2.05) is 72.8 Å². The van der Waals surface area contributed by atoms with Crippen molar-refractivity contribution in [3.8, 4) is 40.1 Å². The van der Waals surface area contributed by atoms with E-state index < -0.39 is 0 Å². The maximum Gasteiger partial charge on any atom is 0.184 e. The van der Waals surface area contributed by atoms with Gasteiger partial charge in [-0.15, -0.1) is 0 Å². The first-order valence-electron chi connectivity index (χ1n) is 14.5. The van der Waals surface area contributed by atoms with E-state index in [1.54, 1.807) is 36.4 Å². The average Bonchev–Trinajstić information content (AvgIpc) is 3.65. The van der Waals surface area contributed by atoms with Crippen LogP contribution in [0, 0.1) is 35.8 Å². The van der Waals surface area contributed by atoms with E-state index in [2.05, 4.69) is 32.5 Å². The van der Waals surface area contributed by atoms with E-state index in [4.69, 9.17) is 17.6 Å². The molecule has 0 aliphatic rings. The van der Waals surface area contributed by atoms with Gasteiger partial charge >= 0.3 is 0 Å². The van der Waals surface area contributed by atoms with Gasteiger partial charge in [-0.3, -0.25) is 0 Å². The number of nitrogens with zero attached hydrogens (tertiary/aromatic N) is 5. The lowest BCUT2D eigenvalue weighted by atomic mass is 9.94. The zero-order chi connectivity index (χ0) is 31.4. The molecule has 6 aromatic carbocycles. The highest BCUT2D eigenvalue weighted by atomic mass is 16.3. The first-order chi connectivity index (χ1) is 22.6. The van der Waals surface area contributed by atoms with Gasteiger partial charge in [-0.1, -0.05) is 66.7 Å². The van der Waals surface area contributed by atoms with Gasteiger partial charge in [-0.2, -0.15) is 10.5 Å². The molecule has 2 heterocycles. The molecule has 2 aromatic heterocycles. The molecule has 0 unspecified atom stereocenters. The van der Waals surface area contributed by atoms with Gasteiger partial charge in [-0.05, 0) is 65.2 Å². The minimum absolute atomic E-state index is 0.418. The Labute approximate surface area is 263 Å². The maximum atomic E-state index is 9.94. The van der Waals surface area contributed by atoms with E-state index >= 15 is 0 Å². The van der Waals surface area contributed by atoms with Crippen molar-refractivity contribution >= 4 is 55.1 Å². The summed E-state index contributed by atoms with van der Waals surface area (Å²) < 4.78 is 8.29. The summed E-state index contributed by atoms with van der Waals surface area (Å²) in [4.78, 5) is 7.46. The van der Waals surface area contributed by atoms with E-state index in [0.29, 0.717) is 33.6 Å². The minimum Gasteiger partial charge on any atom is -0.456 e. The number of benzene rings is 6. The first-order valence-corrected chi connectivity index (χ1v) is 14.5. The van der Waals surface area contributed by atoms with Crippen LogP contribution >= 0.6 is 0 Å². The van der Waals surface area contributed by atoms with Gasteiger partial charge in [0, 0.05) is 32.8 Å². The Hall–Kier alpha value is -7.12. The molecule has 6 heteroatoms. The number of nitriles is 2. The van der Waals surface area contributed by atoms with Crippen LogP contribution in [0.15, 0.2) is 120 Å². The quantitative estimate of drug-likeness (QED) is 0.194. The molecular weight excluding hydrogens is 566 g/mol. The summed E-state index contributed by atoms with van der Waals surface area (Å²) in [6.07, 6.45) is 0. The Morgan fingerprint density at radius 2 is 1.13 bits per heavy atom. The summed E-state index contributed by atoms with van der Waals surface area (Å²) in [5, 5.41) is 23.8. The molecule has 0 atom stereocenters. The highest BCUT2D eigenvalue weighted by Crippen LogP contribution is 2.43. The summed E-state index contributed by atoms with van der Waals surface area (Å²) in [7, 11) is 0. The molecule has 0 saturated carbocycles. The Kier molecular flexibility index (Phi) is 5.91. The third kappa shape index (κ3) is 3.86. The molecule has 8 rings (SSSR count). The highest BCUT2D eigenvalue weighted by molar-refractivity contribution is 6.13. The predicted octanol–water partition coefficient (Wildman–Crippen LogP) is 10.9. The summed E-state index contributed by atoms with van der Waals surface area (Å²) in [5.74, 6) is 0. The highest BCUT2D eigenvalue weighted by Gasteiger charge is 2.19. The molecule has 46 heavy (non-hydrogen) atoms. The van der Waals surface area contributed by atoms with Gasteiger partial charge in [0.15, 0.2) is 11.4 Å². The number of hydrogen-bond donors (Lipinski definition) is 0. The van der Waals surface area contributed by atoms with E-state index in [9.17, 15) is 10.5 Å². The van der Waals surface area contributed by atoms with Gasteiger partial charge < -0.3 is 8.98 Å². The van der Waals surface area contributed by atoms with E-state index in [0.717, 1.165) is 60.6 Å². The topological polar surface area (TPSA) is 74.4 Å². The molecule has 0 spiro atoms. The van der Waals surface area contributed by atoms with Crippen molar-refractivity contribution in [3.63, 3.8) is 0 Å². The molecule has 0 aliphatic carbocycles. The normalized spacial score (nSPS) is 11.0. The second kappa shape index (κ2) is 10.3. The molecule has 0 radical (unpaired) electrons. The van der Waals surface area contributed by atoms with Crippen LogP contribution in [0.2, 0.25) is 0 Å². The Morgan fingerprint density at radius 3 is 1.76 bits per heavy atom. The molecule has 0 N–H and O–H groups in total. The number of fused-ring (bicyclic) bond motifs is 6. The monoisotopic (exact) mass is 585 g/mol. The van der Waals surface area contributed by atoms with Crippen molar-refractivity contribution < 1.29 is 4.42 Å². The second-order valence-corrected chi connectivity index (χ2v) is 10.9. The third-order valence-electron chi connectivity index (χ3n) is 8.53. The van der Waals surface area contributed by atoms with Gasteiger partial charge in [0.1, 0.15) is 11.2 Å². The van der Waals surface area contributed by atoms with Crippen molar-refractivity contribution in [3.05, 3.63) is 149 Å². The van der Waals surface area contributed by atoms with Crippen molar-refractivity contribution in [2.75, 3.05) is 0 Å². The fourth-order valence-corrected chi connectivity index (χ4v) is 6.52. The lowest BCUT2D eigenvalue weighted by Crippen LogP contribution is -1.95. The van der Waals surface area contributed by atoms with Crippen LogP contribution in [0.25, 0.3) is 81.4 Å². The Bertz CT molecular complexity index is 2560. The summed E-state index contributed by atoms with van der Waals surface area (Å²) >= 11 is 0. The van der Waals surface area contributed by atoms with Crippen molar-refractivity contribution in [1.29, 1.82) is 10.5 Å². The third-order valence-corrected chi connectivity index (χ3v) is 8.53. The van der Waals surface area contributed by atoms with Gasteiger partial charge in [0.2, 0.25) is 0 Å². The summed E-state index contributed by atoms with van der Waals surface area (Å²) in [5.41, 5.74) is 8.67. The molecule has 0 aliphatic heterocycles. The number of rotatable bonds is 3. The largest absolute Gasteiger partial charge is 0.456 e. The van der Waals surface area contributed by atoms with Crippen molar-refractivity contribution in [1.82, 2.24) is 4.57 Å². The van der Waals surface area contributed by atoms with E-state index in [-0.39, 0.29) is 0 Å². The molecule has 210 valence electrons. The van der Waals surface area contributed by atoms with Crippen LogP contribution in [-0.2, 0) is 0 Å². The van der Waals surface area contributed by atoms with Crippen LogP contribution in [0.5, 0.6) is 0 Å². The minimum atomic E-state index is 0.418. The standard InChI is InChI=1S/C40H19N5O/c1-43-33-10-6-11-34(44-2)40(33)25-14-17-30-29-16-13-24(39-26(22-41)7-5-8-27(39)23-42)19-35(29)45(36(30)20-25)28-15-18-38-32(21-28)31-9-3-4-12-37(31)46-38/h3-21H. The second-order valence-electron chi connectivity index (χ2n) is 10.9. The van der Waals surface area contributed by atoms with Gasteiger partial charge in [0.05, 0.1) is 47.4 Å². The summed E-state index contributed by atoms with van der Waals surface area (Å²) in [6.45, 7) is 15.6. The number of aromatic nitrogens is 1. The molecular formula is C40H19N5O. The number of para-hydroxylation sites is 1.